The highest BCUT2D eigenvalue weighted by atomic mass is 79.9. The quantitative estimate of drug-likeness (QED) is 0.882. The lowest BCUT2D eigenvalue weighted by atomic mass is 10.1. The Morgan fingerprint density at radius 1 is 1.25 bits per heavy atom. The van der Waals surface area contributed by atoms with Crippen molar-refractivity contribution in [3.8, 4) is 0 Å². The zero-order valence-electron chi connectivity index (χ0n) is 7.12. The van der Waals surface area contributed by atoms with Gasteiger partial charge in [0.1, 0.15) is 0 Å². The lowest BCUT2D eigenvalue weighted by molar-refractivity contribution is 0.813. The summed E-state index contributed by atoms with van der Waals surface area (Å²) in [5.41, 5.74) is 2.52. The Balaban J connectivity index is 3.05. The van der Waals surface area contributed by atoms with E-state index in [1.165, 1.54) is 11.1 Å². The smallest absolute Gasteiger partial charge is 0.0223 e. The Kier molecular flexibility index (Phi) is 3.75. The van der Waals surface area contributed by atoms with Crippen molar-refractivity contribution in [3.63, 3.8) is 0 Å². The van der Waals surface area contributed by atoms with Crippen LogP contribution < -0.4 is 5.32 Å². The van der Waals surface area contributed by atoms with Crippen LogP contribution in [0.2, 0.25) is 0 Å². The summed E-state index contributed by atoms with van der Waals surface area (Å²) >= 11 is 7.02. The van der Waals surface area contributed by atoms with Gasteiger partial charge in [-0.15, -0.1) is 0 Å². The maximum Gasteiger partial charge on any atom is 0.0223 e. The van der Waals surface area contributed by atoms with Gasteiger partial charge in [0.15, 0.2) is 0 Å². The molecule has 0 fully saturated rings. The number of rotatable bonds is 2. The zero-order chi connectivity index (χ0) is 9.14. The number of aryl methyl sites for hydroxylation is 1. The first-order valence-corrected chi connectivity index (χ1v) is 5.33. The van der Waals surface area contributed by atoms with Crippen molar-refractivity contribution in [2.45, 2.75) is 13.5 Å². The van der Waals surface area contributed by atoms with Crippen LogP contribution in [0.3, 0.4) is 0 Å². The molecule has 0 amide bonds. The molecule has 0 aliphatic rings. The molecule has 1 rings (SSSR count). The minimum absolute atomic E-state index is 0.888. The van der Waals surface area contributed by atoms with E-state index in [1.807, 2.05) is 7.05 Å². The van der Waals surface area contributed by atoms with Crippen molar-refractivity contribution in [2.75, 3.05) is 7.05 Å². The summed E-state index contributed by atoms with van der Waals surface area (Å²) in [6.45, 7) is 2.97. The van der Waals surface area contributed by atoms with E-state index in [9.17, 15) is 0 Å². The molecule has 0 heterocycles. The van der Waals surface area contributed by atoms with E-state index < -0.39 is 0 Å². The summed E-state index contributed by atoms with van der Waals surface area (Å²) in [7, 11) is 1.94. The molecule has 0 atom stereocenters. The first kappa shape index (κ1) is 10.2. The second-order valence-corrected chi connectivity index (χ2v) is 4.43. The molecule has 12 heavy (non-hydrogen) atoms. The maximum absolute atomic E-state index is 3.52. The Morgan fingerprint density at radius 3 is 2.50 bits per heavy atom. The van der Waals surface area contributed by atoms with Crippen LogP contribution in [0.5, 0.6) is 0 Å². The fourth-order valence-electron chi connectivity index (χ4n) is 1.01. The summed E-state index contributed by atoms with van der Waals surface area (Å²) in [4.78, 5) is 0. The molecular weight excluding hydrogens is 282 g/mol. The van der Waals surface area contributed by atoms with Crippen molar-refractivity contribution in [3.05, 3.63) is 32.2 Å². The number of nitrogens with one attached hydrogen (secondary N) is 1. The van der Waals surface area contributed by atoms with E-state index in [-0.39, 0.29) is 0 Å². The summed E-state index contributed by atoms with van der Waals surface area (Å²) in [6, 6.07) is 4.26. The maximum atomic E-state index is 3.52. The molecule has 0 aliphatic heterocycles. The van der Waals surface area contributed by atoms with Crippen LogP contribution in [0.15, 0.2) is 21.1 Å². The van der Waals surface area contributed by atoms with E-state index in [4.69, 9.17) is 0 Å². The average Bonchev–Trinajstić information content (AvgIpc) is 2.01. The molecule has 0 spiro atoms. The van der Waals surface area contributed by atoms with Crippen molar-refractivity contribution >= 4 is 31.9 Å². The summed E-state index contributed by atoms with van der Waals surface area (Å²) < 4.78 is 2.33. The molecule has 1 nitrogen and oxygen atoms in total. The summed E-state index contributed by atoms with van der Waals surface area (Å²) in [6.07, 6.45) is 0. The molecule has 3 heteroatoms. The largest absolute Gasteiger partial charge is 0.316 e. The van der Waals surface area contributed by atoms with Crippen molar-refractivity contribution in [2.24, 2.45) is 0 Å². The fourth-order valence-corrected chi connectivity index (χ4v) is 2.00. The number of hydrogen-bond acceptors (Lipinski definition) is 1. The van der Waals surface area contributed by atoms with E-state index in [2.05, 4.69) is 56.2 Å². The van der Waals surface area contributed by atoms with Gasteiger partial charge in [-0.05, 0) is 37.2 Å². The molecule has 0 saturated carbocycles. The highest BCUT2D eigenvalue weighted by molar-refractivity contribution is 9.11. The third kappa shape index (κ3) is 2.31. The van der Waals surface area contributed by atoms with E-state index in [0.29, 0.717) is 0 Å². The fraction of sp³-hybridized carbons (Fsp3) is 0.333. The molecule has 1 N–H and O–H groups in total. The average molecular weight is 293 g/mol. The predicted molar refractivity (Wildman–Crippen MR) is 59.3 cm³/mol. The van der Waals surface area contributed by atoms with Crippen LogP contribution in [-0.4, -0.2) is 7.05 Å². The number of halogens is 2. The molecular formula is C9H11Br2N. The van der Waals surface area contributed by atoms with Crippen LogP contribution in [0.1, 0.15) is 11.1 Å². The molecule has 0 unspecified atom stereocenters. The van der Waals surface area contributed by atoms with E-state index in [0.717, 1.165) is 15.5 Å². The second kappa shape index (κ2) is 4.40. The van der Waals surface area contributed by atoms with Crippen LogP contribution in [0.4, 0.5) is 0 Å². The zero-order valence-corrected chi connectivity index (χ0v) is 10.3. The molecule has 1 aromatic rings. The Labute approximate surface area is 89.8 Å². The Hall–Kier alpha value is 0.140. The Bertz CT molecular complexity index is 284. The van der Waals surface area contributed by atoms with Crippen molar-refractivity contribution < 1.29 is 0 Å². The molecule has 0 radical (unpaired) electrons. The van der Waals surface area contributed by atoms with E-state index >= 15 is 0 Å². The van der Waals surface area contributed by atoms with Gasteiger partial charge in [0.25, 0.3) is 0 Å². The molecule has 66 valence electrons. The van der Waals surface area contributed by atoms with Gasteiger partial charge in [-0.1, -0.05) is 31.9 Å². The van der Waals surface area contributed by atoms with Gasteiger partial charge < -0.3 is 5.32 Å². The first-order valence-electron chi connectivity index (χ1n) is 3.74. The van der Waals surface area contributed by atoms with Crippen molar-refractivity contribution in [1.29, 1.82) is 0 Å². The van der Waals surface area contributed by atoms with E-state index in [1.54, 1.807) is 0 Å². The monoisotopic (exact) mass is 291 g/mol. The molecule has 0 aliphatic carbocycles. The van der Waals surface area contributed by atoms with Gasteiger partial charge >= 0.3 is 0 Å². The summed E-state index contributed by atoms with van der Waals surface area (Å²) in [5, 5.41) is 3.12. The first-order chi connectivity index (χ1) is 5.65. The van der Waals surface area contributed by atoms with Crippen molar-refractivity contribution in [1.82, 2.24) is 5.32 Å². The Morgan fingerprint density at radius 2 is 1.92 bits per heavy atom. The minimum atomic E-state index is 0.888. The van der Waals surface area contributed by atoms with Gasteiger partial charge in [0, 0.05) is 15.5 Å². The number of hydrogen-bond donors (Lipinski definition) is 1. The second-order valence-electron chi connectivity index (χ2n) is 2.72. The standard InChI is InChI=1S/C9H11Br2N/c1-6-3-9(11)7(5-12-2)4-8(6)10/h3-4,12H,5H2,1-2H3. The highest BCUT2D eigenvalue weighted by Crippen LogP contribution is 2.25. The van der Waals surface area contributed by atoms with Crippen LogP contribution >= 0.6 is 31.9 Å². The predicted octanol–water partition coefficient (Wildman–Crippen LogP) is 3.24. The van der Waals surface area contributed by atoms with Crippen LogP contribution in [-0.2, 0) is 6.54 Å². The van der Waals surface area contributed by atoms with Gasteiger partial charge in [0.05, 0.1) is 0 Å². The lowest BCUT2D eigenvalue weighted by Gasteiger charge is -2.06. The van der Waals surface area contributed by atoms with Crippen LogP contribution in [0.25, 0.3) is 0 Å². The highest BCUT2D eigenvalue weighted by Gasteiger charge is 2.02. The molecule has 0 aromatic heterocycles. The SMILES string of the molecule is CNCc1cc(Br)c(C)cc1Br. The normalized spacial score (nSPS) is 10.3. The van der Waals surface area contributed by atoms with Crippen LogP contribution in [0, 0.1) is 6.92 Å². The summed E-state index contributed by atoms with van der Waals surface area (Å²) in [5.74, 6) is 0. The third-order valence-electron chi connectivity index (χ3n) is 1.69. The van der Waals surface area contributed by atoms with Gasteiger partial charge in [-0.25, -0.2) is 0 Å². The minimum Gasteiger partial charge on any atom is -0.316 e. The molecule has 0 bridgehead atoms. The molecule has 1 aromatic carbocycles. The molecule has 0 saturated heterocycles. The number of benzene rings is 1. The van der Waals surface area contributed by atoms with Gasteiger partial charge in [-0.2, -0.15) is 0 Å². The lowest BCUT2D eigenvalue weighted by Crippen LogP contribution is -2.05. The van der Waals surface area contributed by atoms with Gasteiger partial charge in [-0.3, -0.25) is 0 Å². The topological polar surface area (TPSA) is 12.0 Å². The van der Waals surface area contributed by atoms with Gasteiger partial charge in [0.2, 0.25) is 0 Å². The third-order valence-corrected chi connectivity index (χ3v) is 3.29.